The van der Waals surface area contributed by atoms with Gasteiger partial charge in [-0.3, -0.25) is 0 Å². The second kappa shape index (κ2) is 12.4. The molecule has 0 fully saturated rings. The average Bonchev–Trinajstić information content (AvgIpc) is 3.88. The molecule has 0 radical (unpaired) electrons. The Bertz CT molecular complexity index is 2450. The molecule has 0 spiro atoms. The Morgan fingerprint density at radius 1 is 0.542 bits per heavy atom. The number of aryl methyl sites for hydroxylation is 2. The van der Waals surface area contributed by atoms with Crippen LogP contribution in [0.5, 0.6) is 0 Å². The Hall–Kier alpha value is -5.18. The van der Waals surface area contributed by atoms with Crippen LogP contribution in [0.15, 0.2) is 104 Å². The molecule has 8 heterocycles. The van der Waals surface area contributed by atoms with Crippen molar-refractivity contribution in [1.29, 1.82) is 0 Å². The van der Waals surface area contributed by atoms with Crippen LogP contribution in [0.2, 0.25) is 0 Å². The normalized spacial score (nSPS) is 11.2. The second-order valence-electron chi connectivity index (χ2n) is 10.6. The van der Waals surface area contributed by atoms with Gasteiger partial charge in [-0.1, -0.05) is 58.5 Å². The van der Waals surface area contributed by atoms with Gasteiger partial charge in [0.1, 0.15) is 23.4 Å². The summed E-state index contributed by atoms with van der Waals surface area (Å²) in [5.74, 6) is 2.93. The number of furan rings is 4. The molecule has 0 saturated carbocycles. The Morgan fingerprint density at radius 3 is 1.38 bits per heavy atom. The first-order chi connectivity index (χ1) is 22.6. The van der Waals surface area contributed by atoms with Crippen molar-refractivity contribution < 1.29 is 59.8 Å². The van der Waals surface area contributed by atoms with Crippen molar-refractivity contribution in [3.8, 4) is 34.5 Å². The van der Waals surface area contributed by atoms with Crippen LogP contribution in [-0.4, -0.2) is 38.2 Å². The maximum Gasteiger partial charge on any atom is 2.00 e. The fraction of sp³-hybridized carbons (Fsp3) is 0.0588. The first kappa shape index (κ1) is 31.4. The molecule has 12 nitrogen and oxygen atoms in total. The zero-order chi connectivity index (χ0) is 30.8. The summed E-state index contributed by atoms with van der Waals surface area (Å²) in [4.78, 5) is 16.7. The minimum atomic E-state index is 0. The second-order valence-corrected chi connectivity index (χ2v) is 10.6. The van der Waals surface area contributed by atoms with Gasteiger partial charge in [0.15, 0.2) is 0 Å². The molecular weight excluding hydrogens is 975 g/mol. The number of hydrogen-bond donors (Lipinski definition) is 0. The van der Waals surface area contributed by atoms with E-state index in [0.29, 0.717) is 11.8 Å². The van der Waals surface area contributed by atoms with Crippen LogP contribution in [0, 0.1) is 24.8 Å². The minimum Gasteiger partial charge on any atom is -0.507 e. The van der Waals surface area contributed by atoms with Crippen molar-refractivity contribution in [2.45, 2.75) is 0 Å². The van der Waals surface area contributed by atoms with Crippen molar-refractivity contribution in [2.75, 3.05) is 0 Å². The number of aromatic nitrogens is 8. The molecule has 0 N–H and O–H groups in total. The quantitative estimate of drug-likeness (QED) is 0.178. The summed E-state index contributed by atoms with van der Waals surface area (Å²) >= 11 is 0. The molecule has 10 aromatic rings. The van der Waals surface area contributed by atoms with Crippen LogP contribution in [0.3, 0.4) is 0 Å². The number of fused-ring (bicyclic) bond motifs is 4. The molecule has 8 aromatic heterocycles. The Morgan fingerprint density at radius 2 is 1.00 bits per heavy atom. The minimum absolute atomic E-state index is 0. The molecular formula is C34H20N8O4Pt2. The van der Waals surface area contributed by atoms with E-state index in [1.165, 1.54) is 0 Å². The maximum absolute atomic E-state index is 5.68. The topological polar surface area (TPSA) is 124 Å². The van der Waals surface area contributed by atoms with Crippen molar-refractivity contribution in [3.63, 3.8) is 0 Å². The maximum atomic E-state index is 5.68. The predicted molar refractivity (Wildman–Crippen MR) is 166 cm³/mol. The third-order valence-corrected chi connectivity index (χ3v) is 7.79. The fourth-order valence-corrected chi connectivity index (χ4v) is 5.55. The largest absolute Gasteiger partial charge is 2.00 e. The van der Waals surface area contributed by atoms with Gasteiger partial charge in [0, 0.05) is 51.5 Å². The van der Waals surface area contributed by atoms with Crippen LogP contribution >= 0.6 is 0 Å². The van der Waals surface area contributed by atoms with Crippen LogP contribution in [-0.2, 0) is 56.2 Å². The van der Waals surface area contributed by atoms with E-state index >= 15 is 0 Å². The Balaban J connectivity index is 0.000000146. The fourth-order valence-electron chi connectivity index (χ4n) is 5.55. The molecule has 0 aliphatic carbocycles. The molecule has 0 atom stereocenters. The van der Waals surface area contributed by atoms with Gasteiger partial charge < -0.3 is 45.9 Å². The SMILES string of the molecule is Cn1ccnc1-c1coc2cc3coc(-n4[c-]ncc4)c3[c-]c12.Cn1ccnc1-c1coc2cc3coc(-n4[c-]ncc4)c3[c-]c12.[Pt+2].[Pt+2]. The standard InChI is InChI=1S/2C17H10N4O2.2Pt/c2*1-20-4-3-19-16(20)14-9-22-15-6-11-8-23-17(12(11)7-13(14)15)21-5-2-18-10-21;;/h2*2-6,8-9H,1H3;;/q2*-2;2*+2. The number of nitrogens with zero attached hydrogens (tertiary/aromatic N) is 8. The van der Waals surface area contributed by atoms with Gasteiger partial charge in [0.2, 0.25) is 0 Å². The van der Waals surface area contributed by atoms with E-state index in [1.54, 1.807) is 71.4 Å². The summed E-state index contributed by atoms with van der Waals surface area (Å²) < 4.78 is 30.0. The van der Waals surface area contributed by atoms with Gasteiger partial charge in [0.05, 0.1) is 36.2 Å². The van der Waals surface area contributed by atoms with Crippen LogP contribution in [0.4, 0.5) is 0 Å². The zero-order valence-electron chi connectivity index (χ0n) is 24.9. The van der Waals surface area contributed by atoms with Crippen molar-refractivity contribution in [2.24, 2.45) is 14.1 Å². The van der Waals surface area contributed by atoms with Crippen molar-refractivity contribution in [3.05, 3.63) is 112 Å². The molecule has 10 rings (SSSR count). The summed E-state index contributed by atoms with van der Waals surface area (Å²) in [6, 6.07) is 10.7. The number of rotatable bonds is 4. The van der Waals surface area contributed by atoms with E-state index in [1.807, 2.05) is 47.8 Å². The molecule has 0 bridgehead atoms. The molecule has 0 amide bonds. The van der Waals surface area contributed by atoms with E-state index in [0.717, 1.165) is 66.3 Å². The molecule has 0 saturated heterocycles. The summed E-state index contributed by atoms with van der Waals surface area (Å²) in [5, 5.41) is 5.27. The molecule has 0 aliphatic rings. The molecule has 14 heteroatoms. The average molecular weight is 995 g/mol. The van der Waals surface area contributed by atoms with Gasteiger partial charge >= 0.3 is 42.1 Å². The van der Waals surface area contributed by atoms with Crippen LogP contribution < -0.4 is 0 Å². The van der Waals surface area contributed by atoms with Crippen LogP contribution in [0.1, 0.15) is 0 Å². The van der Waals surface area contributed by atoms with Gasteiger partial charge in [-0.2, -0.15) is 0 Å². The van der Waals surface area contributed by atoms with E-state index in [-0.39, 0.29) is 42.1 Å². The first-order valence-electron chi connectivity index (χ1n) is 14.1. The molecule has 2 aromatic carbocycles. The summed E-state index contributed by atoms with van der Waals surface area (Å²) in [6.07, 6.45) is 26.7. The van der Waals surface area contributed by atoms with E-state index in [4.69, 9.17) is 17.7 Å². The third-order valence-electron chi connectivity index (χ3n) is 7.79. The zero-order valence-corrected chi connectivity index (χ0v) is 29.5. The van der Waals surface area contributed by atoms with Crippen LogP contribution in [0.25, 0.3) is 78.0 Å². The van der Waals surface area contributed by atoms with E-state index in [9.17, 15) is 0 Å². The van der Waals surface area contributed by atoms with Gasteiger partial charge in [-0.15, -0.1) is 12.1 Å². The predicted octanol–water partition coefficient (Wildman–Crippen LogP) is 6.73. The summed E-state index contributed by atoms with van der Waals surface area (Å²) in [7, 11) is 3.90. The van der Waals surface area contributed by atoms with Crippen molar-refractivity contribution >= 4 is 43.5 Å². The Labute approximate surface area is 300 Å². The summed E-state index contributed by atoms with van der Waals surface area (Å²) in [6.45, 7) is 0. The molecule has 240 valence electrons. The van der Waals surface area contributed by atoms with Crippen molar-refractivity contribution in [1.82, 2.24) is 38.2 Å². The molecule has 0 aliphatic heterocycles. The monoisotopic (exact) mass is 994 g/mol. The number of hydrogen-bond acceptors (Lipinski definition) is 8. The summed E-state index contributed by atoms with van der Waals surface area (Å²) in [5.41, 5.74) is 3.29. The van der Waals surface area contributed by atoms with Gasteiger partial charge in [0.25, 0.3) is 0 Å². The number of benzene rings is 2. The smallest absolute Gasteiger partial charge is 0.507 e. The third kappa shape index (κ3) is 5.08. The van der Waals surface area contributed by atoms with E-state index in [2.05, 4.69) is 44.7 Å². The molecule has 0 unspecified atom stereocenters. The Kier molecular flexibility index (Phi) is 8.15. The van der Waals surface area contributed by atoms with Gasteiger partial charge in [-0.05, 0) is 21.9 Å². The number of imidazole rings is 4. The molecule has 48 heavy (non-hydrogen) atoms. The first-order valence-corrected chi connectivity index (χ1v) is 14.1. The van der Waals surface area contributed by atoms with Gasteiger partial charge in [-0.25, -0.2) is 9.97 Å². The van der Waals surface area contributed by atoms with E-state index < -0.39 is 0 Å².